The van der Waals surface area contributed by atoms with Crippen LogP contribution in [0.5, 0.6) is 5.75 Å². The summed E-state index contributed by atoms with van der Waals surface area (Å²) in [6.45, 7) is 4.36. The van der Waals surface area contributed by atoms with Crippen molar-refractivity contribution in [1.82, 2.24) is 5.32 Å². The highest BCUT2D eigenvalue weighted by Crippen LogP contribution is 2.41. The topological polar surface area (TPSA) is 21.3 Å². The Kier molecular flexibility index (Phi) is 4.45. The molecule has 0 amide bonds. The van der Waals surface area contributed by atoms with E-state index in [4.69, 9.17) is 4.74 Å². The Labute approximate surface area is 127 Å². The first-order valence-corrected chi connectivity index (χ1v) is 8.20. The molecule has 112 valence electrons. The largest absolute Gasteiger partial charge is 0.487 e. The summed E-state index contributed by atoms with van der Waals surface area (Å²) in [4.78, 5) is 0. The van der Waals surface area contributed by atoms with Gasteiger partial charge in [-0.2, -0.15) is 0 Å². The molecule has 0 spiro atoms. The summed E-state index contributed by atoms with van der Waals surface area (Å²) >= 11 is 0. The van der Waals surface area contributed by atoms with Crippen molar-refractivity contribution in [3.63, 3.8) is 0 Å². The molecular formula is C19H25NO. The summed E-state index contributed by atoms with van der Waals surface area (Å²) in [5, 5.41) is 5.99. The average molecular weight is 283 g/mol. The first-order valence-electron chi connectivity index (χ1n) is 8.20. The van der Waals surface area contributed by atoms with E-state index in [1.807, 2.05) is 0 Å². The zero-order valence-electron chi connectivity index (χ0n) is 12.9. The molecule has 1 fully saturated rings. The van der Waals surface area contributed by atoms with Crippen molar-refractivity contribution in [2.24, 2.45) is 0 Å². The molecule has 0 heterocycles. The van der Waals surface area contributed by atoms with Crippen LogP contribution in [0.2, 0.25) is 0 Å². The van der Waals surface area contributed by atoms with E-state index in [-0.39, 0.29) is 5.60 Å². The van der Waals surface area contributed by atoms with Crippen LogP contribution in [0.25, 0.3) is 10.8 Å². The number of benzene rings is 2. The van der Waals surface area contributed by atoms with Crippen LogP contribution in [0.1, 0.15) is 39.0 Å². The molecular weight excluding hydrogens is 258 g/mol. The van der Waals surface area contributed by atoms with Crippen molar-refractivity contribution in [2.75, 3.05) is 13.1 Å². The second kappa shape index (κ2) is 6.48. The van der Waals surface area contributed by atoms with E-state index in [0.717, 1.165) is 25.3 Å². The molecule has 1 aliphatic carbocycles. The van der Waals surface area contributed by atoms with E-state index in [1.54, 1.807) is 0 Å². The van der Waals surface area contributed by atoms with Crippen LogP contribution in [0, 0.1) is 0 Å². The highest BCUT2D eigenvalue weighted by atomic mass is 16.5. The Balaban J connectivity index is 1.73. The molecule has 0 unspecified atom stereocenters. The van der Waals surface area contributed by atoms with Crippen molar-refractivity contribution in [3.8, 4) is 5.75 Å². The van der Waals surface area contributed by atoms with Gasteiger partial charge in [0.2, 0.25) is 0 Å². The Morgan fingerprint density at radius 3 is 2.62 bits per heavy atom. The molecule has 1 N–H and O–H groups in total. The van der Waals surface area contributed by atoms with Crippen LogP contribution in [-0.2, 0) is 0 Å². The lowest BCUT2D eigenvalue weighted by Crippen LogP contribution is -2.45. The van der Waals surface area contributed by atoms with Gasteiger partial charge in [0.25, 0.3) is 0 Å². The second-order valence-corrected chi connectivity index (χ2v) is 6.12. The highest BCUT2D eigenvalue weighted by Gasteiger charge is 2.39. The van der Waals surface area contributed by atoms with Gasteiger partial charge in [-0.1, -0.05) is 43.3 Å². The fourth-order valence-corrected chi connectivity index (χ4v) is 3.11. The Morgan fingerprint density at radius 1 is 1.05 bits per heavy atom. The zero-order valence-corrected chi connectivity index (χ0v) is 12.9. The number of nitrogens with one attached hydrogen (secondary N) is 1. The van der Waals surface area contributed by atoms with Crippen molar-refractivity contribution in [1.29, 1.82) is 0 Å². The molecule has 21 heavy (non-hydrogen) atoms. The van der Waals surface area contributed by atoms with Crippen molar-refractivity contribution in [2.45, 2.75) is 44.6 Å². The van der Waals surface area contributed by atoms with E-state index in [2.05, 4.69) is 54.7 Å². The average Bonchev–Trinajstić information content (AvgIpc) is 2.49. The maximum atomic E-state index is 6.49. The number of rotatable bonds is 7. The number of hydrogen-bond donors (Lipinski definition) is 1. The van der Waals surface area contributed by atoms with E-state index in [1.165, 1.54) is 36.5 Å². The minimum Gasteiger partial charge on any atom is -0.487 e. The monoisotopic (exact) mass is 283 g/mol. The number of ether oxygens (including phenoxy) is 1. The third kappa shape index (κ3) is 3.21. The van der Waals surface area contributed by atoms with Crippen LogP contribution in [0.3, 0.4) is 0 Å². The minimum atomic E-state index is 0.0604. The SMILES string of the molecule is CCCNCCC1(Oc2cccc3ccccc23)CCC1. The summed E-state index contributed by atoms with van der Waals surface area (Å²) in [5.41, 5.74) is 0.0604. The van der Waals surface area contributed by atoms with Crippen LogP contribution >= 0.6 is 0 Å². The molecule has 0 aromatic heterocycles. The molecule has 0 radical (unpaired) electrons. The molecule has 1 saturated carbocycles. The van der Waals surface area contributed by atoms with Crippen molar-refractivity contribution in [3.05, 3.63) is 42.5 Å². The number of fused-ring (bicyclic) bond motifs is 1. The molecule has 2 nitrogen and oxygen atoms in total. The normalized spacial score (nSPS) is 16.6. The molecule has 2 aromatic carbocycles. The van der Waals surface area contributed by atoms with Gasteiger partial charge in [-0.05, 0) is 56.6 Å². The second-order valence-electron chi connectivity index (χ2n) is 6.12. The quantitative estimate of drug-likeness (QED) is 0.754. The van der Waals surface area contributed by atoms with E-state index in [0.29, 0.717) is 0 Å². The molecule has 2 aromatic rings. The Morgan fingerprint density at radius 2 is 1.86 bits per heavy atom. The molecule has 0 atom stereocenters. The fraction of sp³-hybridized carbons (Fsp3) is 0.474. The smallest absolute Gasteiger partial charge is 0.127 e. The number of hydrogen-bond acceptors (Lipinski definition) is 2. The summed E-state index contributed by atoms with van der Waals surface area (Å²) in [6, 6.07) is 14.8. The predicted octanol–water partition coefficient (Wildman–Crippen LogP) is 4.53. The van der Waals surface area contributed by atoms with E-state index >= 15 is 0 Å². The summed E-state index contributed by atoms with van der Waals surface area (Å²) in [5.74, 6) is 1.04. The van der Waals surface area contributed by atoms with Gasteiger partial charge < -0.3 is 10.1 Å². The Bertz CT molecular complexity index is 584. The summed E-state index contributed by atoms with van der Waals surface area (Å²) in [7, 11) is 0. The molecule has 2 heteroatoms. The highest BCUT2D eigenvalue weighted by molar-refractivity contribution is 5.88. The van der Waals surface area contributed by atoms with Gasteiger partial charge in [0.15, 0.2) is 0 Å². The predicted molar refractivity (Wildman–Crippen MR) is 88.9 cm³/mol. The summed E-state index contributed by atoms with van der Waals surface area (Å²) < 4.78 is 6.49. The van der Waals surface area contributed by atoms with Gasteiger partial charge in [-0.25, -0.2) is 0 Å². The van der Waals surface area contributed by atoms with Gasteiger partial charge in [0, 0.05) is 5.39 Å². The minimum absolute atomic E-state index is 0.0604. The van der Waals surface area contributed by atoms with Crippen LogP contribution in [0.15, 0.2) is 42.5 Å². The third-order valence-corrected chi connectivity index (χ3v) is 4.53. The van der Waals surface area contributed by atoms with E-state index < -0.39 is 0 Å². The standard InChI is InChI=1S/C19H25NO/c1-2-14-20-15-13-19(11-6-12-19)21-18-10-5-8-16-7-3-4-9-17(16)18/h3-5,7-10,20H,2,6,11-15H2,1H3. The maximum absolute atomic E-state index is 6.49. The fourth-order valence-electron chi connectivity index (χ4n) is 3.11. The molecule has 3 rings (SSSR count). The Hall–Kier alpha value is -1.54. The van der Waals surface area contributed by atoms with E-state index in [9.17, 15) is 0 Å². The van der Waals surface area contributed by atoms with Crippen molar-refractivity contribution >= 4 is 10.8 Å². The van der Waals surface area contributed by atoms with Gasteiger partial charge in [-0.15, -0.1) is 0 Å². The lowest BCUT2D eigenvalue weighted by atomic mass is 9.77. The third-order valence-electron chi connectivity index (χ3n) is 4.53. The molecule has 0 bridgehead atoms. The lowest BCUT2D eigenvalue weighted by molar-refractivity contribution is -0.0129. The van der Waals surface area contributed by atoms with Crippen LogP contribution in [0.4, 0.5) is 0 Å². The first-order chi connectivity index (χ1) is 10.3. The zero-order chi connectivity index (χ0) is 14.5. The maximum Gasteiger partial charge on any atom is 0.127 e. The van der Waals surface area contributed by atoms with Crippen LogP contribution < -0.4 is 10.1 Å². The first kappa shape index (κ1) is 14.4. The van der Waals surface area contributed by atoms with Gasteiger partial charge in [0.1, 0.15) is 11.4 Å². The van der Waals surface area contributed by atoms with Crippen molar-refractivity contribution < 1.29 is 4.74 Å². The molecule has 0 saturated heterocycles. The van der Waals surface area contributed by atoms with Crippen LogP contribution in [-0.4, -0.2) is 18.7 Å². The lowest BCUT2D eigenvalue weighted by Gasteiger charge is -2.42. The molecule has 1 aliphatic rings. The molecule has 0 aliphatic heterocycles. The van der Waals surface area contributed by atoms with Gasteiger partial charge in [-0.3, -0.25) is 0 Å². The van der Waals surface area contributed by atoms with Gasteiger partial charge in [0.05, 0.1) is 0 Å². The summed E-state index contributed by atoms with van der Waals surface area (Å²) in [6.07, 6.45) is 5.96. The van der Waals surface area contributed by atoms with Gasteiger partial charge >= 0.3 is 0 Å².